The monoisotopic (exact) mass is 390 g/mol. The largest absolute Gasteiger partial charge is 0.344 e. The number of nitrogens with zero attached hydrogens (tertiary/aromatic N) is 2. The molecule has 148 valence electrons. The second-order valence-electron chi connectivity index (χ2n) is 6.20. The molecule has 1 unspecified atom stereocenters. The van der Waals surface area contributed by atoms with Gasteiger partial charge in [0.05, 0.1) is 18.8 Å². The molecule has 2 amide bonds. The Hall–Kier alpha value is -3.23. The third-order valence-electron chi connectivity index (χ3n) is 3.78. The number of carbonyl (C=O) groups excluding carboxylic acids is 3. The van der Waals surface area contributed by atoms with Crippen molar-refractivity contribution in [1.29, 1.82) is 0 Å². The number of hydrogen-bond acceptors (Lipinski definition) is 5. The summed E-state index contributed by atoms with van der Waals surface area (Å²) in [7, 11) is 0. The average Bonchev–Trinajstić information content (AvgIpc) is 2.60. The molecule has 0 saturated heterocycles. The minimum absolute atomic E-state index is 0.137. The van der Waals surface area contributed by atoms with Crippen LogP contribution in [0.4, 0.5) is 14.6 Å². The highest BCUT2D eigenvalue weighted by molar-refractivity contribution is 5.97. The Morgan fingerprint density at radius 3 is 2.29 bits per heavy atom. The number of carbonyl (C=O) groups is 3. The number of Topliss-reactive ketones (excluding diaryl/α,β-unsaturated/α-hetero) is 1. The van der Waals surface area contributed by atoms with Gasteiger partial charge in [-0.2, -0.15) is 0 Å². The van der Waals surface area contributed by atoms with E-state index in [0.717, 1.165) is 12.1 Å². The van der Waals surface area contributed by atoms with Gasteiger partial charge in [-0.25, -0.2) is 18.7 Å². The molecule has 0 aliphatic rings. The Balaban J connectivity index is 2.01. The van der Waals surface area contributed by atoms with Crippen molar-refractivity contribution >= 4 is 23.4 Å². The summed E-state index contributed by atoms with van der Waals surface area (Å²) < 4.78 is 26.5. The lowest BCUT2D eigenvalue weighted by molar-refractivity contribution is -0.126. The van der Waals surface area contributed by atoms with E-state index < -0.39 is 29.5 Å². The molecule has 9 heteroatoms. The number of halogens is 2. The Morgan fingerprint density at radius 1 is 1.07 bits per heavy atom. The van der Waals surface area contributed by atoms with Gasteiger partial charge in [-0.3, -0.25) is 14.4 Å². The lowest BCUT2D eigenvalue weighted by Gasteiger charge is -2.17. The number of benzene rings is 1. The predicted molar refractivity (Wildman–Crippen MR) is 97.6 cm³/mol. The van der Waals surface area contributed by atoms with Crippen molar-refractivity contribution in [2.24, 2.45) is 0 Å². The number of anilines is 1. The predicted octanol–water partition coefficient (Wildman–Crippen LogP) is 2.42. The normalized spacial score (nSPS) is 11.6. The fourth-order valence-corrected chi connectivity index (χ4v) is 2.49. The van der Waals surface area contributed by atoms with Crippen LogP contribution in [0.3, 0.4) is 0 Å². The first-order chi connectivity index (χ1) is 13.3. The molecule has 0 fully saturated rings. The molecule has 7 nitrogen and oxygen atoms in total. The number of hydrogen-bond donors (Lipinski definition) is 2. The Morgan fingerprint density at radius 2 is 1.75 bits per heavy atom. The van der Waals surface area contributed by atoms with E-state index in [0.29, 0.717) is 18.9 Å². The van der Waals surface area contributed by atoms with Crippen LogP contribution in [0.15, 0.2) is 30.6 Å². The fraction of sp³-hybridized carbons (Fsp3) is 0.316. The molecule has 0 aliphatic carbocycles. The van der Waals surface area contributed by atoms with Gasteiger partial charge in [0, 0.05) is 13.0 Å². The highest BCUT2D eigenvalue weighted by atomic mass is 19.1. The molecule has 1 aromatic heterocycles. The van der Waals surface area contributed by atoms with E-state index in [-0.39, 0.29) is 29.3 Å². The van der Waals surface area contributed by atoms with Crippen molar-refractivity contribution in [1.82, 2.24) is 15.3 Å². The van der Waals surface area contributed by atoms with E-state index in [2.05, 4.69) is 20.6 Å². The second-order valence-corrected chi connectivity index (χ2v) is 6.20. The van der Waals surface area contributed by atoms with Crippen molar-refractivity contribution in [3.63, 3.8) is 0 Å². The van der Waals surface area contributed by atoms with Crippen molar-refractivity contribution in [2.75, 3.05) is 5.32 Å². The first-order valence-corrected chi connectivity index (χ1v) is 8.66. The molecule has 2 rings (SSSR count). The van der Waals surface area contributed by atoms with Gasteiger partial charge in [-0.05, 0) is 24.1 Å². The molecular formula is C19H20F2N4O3. The van der Waals surface area contributed by atoms with Crippen LogP contribution < -0.4 is 10.6 Å². The summed E-state index contributed by atoms with van der Waals surface area (Å²) in [6.07, 6.45) is 3.18. The fourth-order valence-electron chi connectivity index (χ4n) is 2.49. The van der Waals surface area contributed by atoms with Crippen LogP contribution in [0.25, 0.3) is 0 Å². The number of aromatic nitrogens is 2. The first kappa shape index (κ1) is 21.1. The quantitative estimate of drug-likeness (QED) is 0.674. The first-order valence-electron chi connectivity index (χ1n) is 8.66. The molecule has 2 N–H and O–H groups in total. The van der Waals surface area contributed by atoms with E-state index in [4.69, 9.17) is 0 Å². The van der Waals surface area contributed by atoms with Crippen molar-refractivity contribution in [3.8, 4) is 0 Å². The Kier molecular flexibility index (Phi) is 7.25. The summed E-state index contributed by atoms with van der Waals surface area (Å²) in [4.78, 5) is 43.7. The molecule has 0 bridgehead atoms. The third kappa shape index (κ3) is 6.19. The topological polar surface area (TPSA) is 101 Å². The molecule has 1 heterocycles. The molecule has 0 radical (unpaired) electrons. The molecule has 2 aromatic rings. The van der Waals surface area contributed by atoms with Gasteiger partial charge in [0.15, 0.2) is 11.6 Å². The van der Waals surface area contributed by atoms with Crippen LogP contribution >= 0.6 is 0 Å². The lowest BCUT2D eigenvalue weighted by Crippen LogP contribution is -2.44. The van der Waals surface area contributed by atoms with E-state index in [1.165, 1.54) is 19.3 Å². The van der Waals surface area contributed by atoms with Gasteiger partial charge >= 0.3 is 0 Å². The standard InChI is InChI=1S/C19H20F2N4O3/c1-3-4-15(19(28)25-17-10-22-16(9-23-17)11(2)26)24-18(27)7-12-5-13(20)8-14(21)6-12/h5-6,8-10,15H,3-4,7H2,1-2H3,(H,24,27)(H,23,25,28). The summed E-state index contributed by atoms with van der Waals surface area (Å²) >= 11 is 0. The van der Waals surface area contributed by atoms with E-state index in [1.54, 1.807) is 0 Å². The van der Waals surface area contributed by atoms with E-state index in [9.17, 15) is 23.2 Å². The molecule has 1 atom stereocenters. The SMILES string of the molecule is CCCC(NC(=O)Cc1cc(F)cc(F)c1)C(=O)Nc1cnc(C(C)=O)cn1. The number of rotatable bonds is 8. The van der Waals surface area contributed by atoms with Crippen molar-refractivity contribution in [3.05, 3.63) is 53.5 Å². The van der Waals surface area contributed by atoms with E-state index in [1.807, 2.05) is 6.92 Å². The summed E-state index contributed by atoms with van der Waals surface area (Å²) in [6, 6.07) is 1.98. The lowest BCUT2D eigenvalue weighted by atomic mass is 10.1. The molecular weight excluding hydrogens is 370 g/mol. The zero-order chi connectivity index (χ0) is 20.7. The van der Waals surface area contributed by atoms with Gasteiger partial charge < -0.3 is 10.6 Å². The molecule has 0 aliphatic heterocycles. The van der Waals surface area contributed by atoms with Gasteiger partial charge in [0.2, 0.25) is 11.8 Å². The van der Waals surface area contributed by atoms with Crippen LogP contribution in [0, 0.1) is 11.6 Å². The number of amides is 2. The van der Waals surface area contributed by atoms with Crippen LogP contribution in [-0.4, -0.2) is 33.6 Å². The molecule has 1 aromatic carbocycles. The highest BCUT2D eigenvalue weighted by Crippen LogP contribution is 2.10. The Labute approximate surface area is 160 Å². The third-order valence-corrected chi connectivity index (χ3v) is 3.78. The zero-order valence-electron chi connectivity index (χ0n) is 15.5. The van der Waals surface area contributed by atoms with Crippen LogP contribution in [0.5, 0.6) is 0 Å². The minimum Gasteiger partial charge on any atom is -0.344 e. The Bertz CT molecular complexity index is 852. The summed E-state index contributed by atoms with van der Waals surface area (Å²) in [6.45, 7) is 3.19. The van der Waals surface area contributed by atoms with Gasteiger partial charge in [0.1, 0.15) is 23.4 Å². The zero-order valence-corrected chi connectivity index (χ0v) is 15.5. The molecule has 0 spiro atoms. The summed E-state index contributed by atoms with van der Waals surface area (Å²) in [5.41, 5.74) is 0.329. The average molecular weight is 390 g/mol. The summed E-state index contributed by atoms with van der Waals surface area (Å²) in [5.74, 6) is -2.73. The maximum Gasteiger partial charge on any atom is 0.248 e. The van der Waals surface area contributed by atoms with E-state index >= 15 is 0 Å². The maximum absolute atomic E-state index is 13.2. The number of ketones is 1. The van der Waals surface area contributed by atoms with Crippen molar-refractivity contribution < 1.29 is 23.2 Å². The van der Waals surface area contributed by atoms with Gasteiger partial charge in [-0.1, -0.05) is 13.3 Å². The number of nitrogens with one attached hydrogen (secondary N) is 2. The smallest absolute Gasteiger partial charge is 0.248 e. The van der Waals surface area contributed by atoms with Crippen LogP contribution in [0.1, 0.15) is 42.7 Å². The van der Waals surface area contributed by atoms with Crippen LogP contribution in [0.2, 0.25) is 0 Å². The molecule has 28 heavy (non-hydrogen) atoms. The molecule has 0 saturated carbocycles. The van der Waals surface area contributed by atoms with Crippen molar-refractivity contribution in [2.45, 2.75) is 39.2 Å². The second kappa shape index (κ2) is 9.63. The minimum atomic E-state index is -0.856. The van der Waals surface area contributed by atoms with Gasteiger partial charge in [-0.15, -0.1) is 0 Å². The maximum atomic E-state index is 13.2. The van der Waals surface area contributed by atoms with Gasteiger partial charge in [0.25, 0.3) is 0 Å². The van der Waals surface area contributed by atoms with Crippen LogP contribution in [-0.2, 0) is 16.0 Å². The highest BCUT2D eigenvalue weighted by Gasteiger charge is 2.21. The summed E-state index contributed by atoms with van der Waals surface area (Å²) in [5, 5.41) is 5.08.